The summed E-state index contributed by atoms with van der Waals surface area (Å²) >= 11 is 0. The molecule has 0 saturated carbocycles. The number of rotatable bonds is 7. The predicted molar refractivity (Wildman–Crippen MR) is 119 cm³/mol. The maximum atomic E-state index is 5.55. The molecule has 0 atom stereocenters. The van der Waals surface area contributed by atoms with E-state index in [0.717, 1.165) is 66.2 Å². The highest BCUT2D eigenvalue weighted by molar-refractivity contribution is 5.90. The zero-order valence-corrected chi connectivity index (χ0v) is 18.2. The van der Waals surface area contributed by atoms with Crippen LogP contribution in [0.2, 0.25) is 0 Å². The van der Waals surface area contributed by atoms with Gasteiger partial charge in [0.25, 0.3) is 0 Å². The van der Waals surface area contributed by atoms with Crippen molar-refractivity contribution in [2.45, 2.75) is 27.3 Å². The van der Waals surface area contributed by atoms with Crippen LogP contribution in [0.4, 0.5) is 17.6 Å². The molecule has 1 fully saturated rings. The van der Waals surface area contributed by atoms with Gasteiger partial charge in [-0.05, 0) is 40.0 Å². The van der Waals surface area contributed by atoms with Gasteiger partial charge in [0.2, 0.25) is 5.95 Å². The molecule has 160 valence electrons. The largest absolute Gasteiger partial charge is 0.380 e. The van der Waals surface area contributed by atoms with E-state index < -0.39 is 0 Å². The van der Waals surface area contributed by atoms with Crippen LogP contribution >= 0.6 is 0 Å². The van der Waals surface area contributed by atoms with Gasteiger partial charge >= 0.3 is 0 Å². The highest BCUT2D eigenvalue weighted by atomic mass is 16.5. The van der Waals surface area contributed by atoms with E-state index in [1.54, 1.807) is 0 Å². The van der Waals surface area contributed by atoms with Gasteiger partial charge in [-0.1, -0.05) is 6.07 Å². The zero-order chi connectivity index (χ0) is 21.1. The van der Waals surface area contributed by atoms with Crippen LogP contribution in [0, 0.1) is 13.8 Å². The lowest BCUT2D eigenvalue weighted by molar-refractivity contribution is 0.137. The molecule has 0 amide bonds. The number of ether oxygens (including phenoxy) is 1. The molecule has 0 bridgehead atoms. The average molecular weight is 411 g/mol. The van der Waals surface area contributed by atoms with E-state index in [0.29, 0.717) is 19.8 Å². The number of aryl methyl sites for hydroxylation is 2. The summed E-state index contributed by atoms with van der Waals surface area (Å²) in [6.07, 6.45) is 0. The first kappa shape index (κ1) is 20.5. The Balaban J connectivity index is 1.77. The summed E-state index contributed by atoms with van der Waals surface area (Å²) in [4.78, 5) is 19.0. The van der Waals surface area contributed by atoms with E-state index in [-0.39, 0.29) is 0 Å². The Hall–Kier alpha value is -2.78. The van der Waals surface area contributed by atoms with Crippen LogP contribution in [0.3, 0.4) is 0 Å². The minimum atomic E-state index is 0.592. The lowest BCUT2D eigenvalue weighted by Crippen LogP contribution is -2.45. The first-order valence-electron chi connectivity index (χ1n) is 10.5. The Morgan fingerprint density at radius 1 is 1.07 bits per heavy atom. The molecule has 9 heteroatoms. The molecule has 3 aromatic heterocycles. The number of aromatic nitrogens is 5. The number of hydrogen-bond donors (Lipinski definition) is 1. The first-order valence-corrected chi connectivity index (χ1v) is 10.5. The van der Waals surface area contributed by atoms with Crippen LogP contribution < -0.4 is 10.2 Å². The summed E-state index contributed by atoms with van der Waals surface area (Å²) in [6.45, 7) is 11.7. The number of piperazine rings is 1. The summed E-state index contributed by atoms with van der Waals surface area (Å²) < 4.78 is 7.49. The van der Waals surface area contributed by atoms with Crippen LogP contribution in [0.1, 0.15) is 18.3 Å². The molecule has 3 aromatic rings. The van der Waals surface area contributed by atoms with Crippen molar-refractivity contribution in [2.75, 3.05) is 56.7 Å². The van der Waals surface area contributed by atoms with Gasteiger partial charge in [0.15, 0.2) is 5.82 Å². The van der Waals surface area contributed by atoms with Crippen molar-refractivity contribution in [3.63, 3.8) is 0 Å². The number of likely N-dealkylation sites (N-methyl/N-ethyl adjacent to an activating group) is 1. The van der Waals surface area contributed by atoms with Crippen molar-refractivity contribution >= 4 is 28.6 Å². The van der Waals surface area contributed by atoms with Crippen LogP contribution in [0.15, 0.2) is 18.2 Å². The van der Waals surface area contributed by atoms with Crippen molar-refractivity contribution in [3.8, 4) is 0 Å². The van der Waals surface area contributed by atoms with Gasteiger partial charge in [-0.2, -0.15) is 10.1 Å². The summed E-state index contributed by atoms with van der Waals surface area (Å²) in [6, 6.07) is 5.92. The van der Waals surface area contributed by atoms with Gasteiger partial charge in [0.05, 0.1) is 18.8 Å². The van der Waals surface area contributed by atoms with Gasteiger partial charge < -0.3 is 19.9 Å². The number of anilines is 3. The van der Waals surface area contributed by atoms with Gasteiger partial charge in [-0.3, -0.25) is 4.68 Å². The average Bonchev–Trinajstić information content (AvgIpc) is 3.05. The van der Waals surface area contributed by atoms with Crippen molar-refractivity contribution in [2.24, 2.45) is 0 Å². The SMILES string of the molecule is CCOCCn1nc(C)c2nc(N3CCN(C)CC3)nc(Nc3cccc(C)n3)c21. The molecular formula is C21H30N8O. The molecule has 30 heavy (non-hydrogen) atoms. The molecule has 1 N–H and O–H groups in total. The van der Waals surface area contributed by atoms with Crippen molar-refractivity contribution in [3.05, 3.63) is 29.6 Å². The minimum Gasteiger partial charge on any atom is -0.380 e. The molecule has 1 saturated heterocycles. The molecule has 1 aliphatic heterocycles. The maximum Gasteiger partial charge on any atom is 0.228 e. The zero-order valence-electron chi connectivity index (χ0n) is 18.2. The molecule has 0 spiro atoms. The summed E-state index contributed by atoms with van der Waals surface area (Å²) in [5.41, 5.74) is 3.59. The smallest absolute Gasteiger partial charge is 0.228 e. The normalized spacial score (nSPS) is 15.1. The second-order valence-electron chi connectivity index (χ2n) is 7.65. The Kier molecular flexibility index (Phi) is 6.10. The topological polar surface area (TPSA) is 84.2 Å². The first-order chi connectivity index (χ1) is 14.5. The van der Waals surface area contributed by atoms with Gasteiger partial charge in [-0.15, -0.1) is 0 Å². The van der Waals surface area contributed by atoms with Crippen LogP contribution in [-0.2, 0) is 11.3 Å². The van der Waals surface area contributed by atoms with E-state index in [2.05, 4.69) is 27.1 Å². The quantitative estimate of drug-likeness (QED) is 0.595. The van der Waals surface area contributed by atoms with E-state index >= 15 is 0 Å². The second kappa shape index (κ2) is 8.93. The molecule has 0 radical (unpaired) electrons. The lowest BCUT2D eigenvalue weighted by Gasteiger charge is -2.32. The van der Waals surface area contributed by atoms with Crippen LogP contribution in [0.5, 0.6) is 0 Å². The molecule has 0 unspecified atom stereocenters. The van der Waals surface area contributed by atoms with Crippen molar-refractivity contribution in [1.82, 2.24) is 29.6 Å². The van der Waals surface area contributed by atoms with Crippen LogP contribution in [-0.4, -0.2) is 76.1 Å². The van der Waals surface area contributed by atoms with E-state index in [4.69, 9.17) is 19.8 Å². The number of fused-ring (bicyclic) bond motifs is 1. The molecular weight excluding hydrogens is 380 g/mol. The predicted octanol–water partition coefficient (Wildman–Crippen LogP) is 2.37. The Morgan fingerprint density at radius 3 is 2.60 bits per heavy atom. The third-order valence-corrected chi connectivity index (χ3v) is 5.32. The Morgan fingerprint density at radius 2 is 1.87 bits per heavy atom. The monoisotopic (exact) mass is 410 g/mol. The fraction of sp³-hybridized carbons (Fsp3) is 0.524. The number of pyridine rings is 1. The molecule has 4 heterocycles. The highest BCUT2D eigenvalue weighted by Gasteiger charge is 2.22. The number of hydrogen-bond acceptors (Lipinski definition) is 8. The Bertz CT molecular complexity index is 1010. The fourth-order valence-electron chi connectivity index (χ4n) is 3.64. The van der Waals surface area contributed by atoms with E-state index in [9.17, 15) is 0 Å². The maximum absolute atomic E-state index is 5.55. The van der Waals surface area contributed by atoms with Gasteiger partial charge in [-0.25, -0.2) is 9.97 Å². The van der Waals surface area contributed by atoms with Crippen molar-refractivity contribution < 1.29 is 4.74 Å². The van der Waals surface area contributed by atoms with Crippen LogP contribution in [0.25, 0.3) is 11.0 Å². The van der Waals surface area contributed by atoms with E-state index in [1.165, 1.54) is 0 Å². The standard InChI is InChI=1S/C21H30N8O/c1-5-30-14-13-29-19-18(16(3)26-29)24-21(28-11-9-27(4)10-12-28)25-20(19)23-17-8-6-7-15(2)22-17/h6-8H,5,9-14H2,1-4H3,(H,22,23,24,25). The molecule has 1 aliphatic rings. The summed E-state index contributed by atoms with van der Waals surface area (Å²) in [5, 5.41) is 8.15. The fourth-order valence-corrected chi connectivity index (χ4v) is 3.64. The van der Waals surface area contributed by atoms with E-state index in [1.807, 2.05) is 43.7 Å². The Labute approximate surface area is 177 Å². The van der Waals surface area contributed by atoms with Gasteiger partial charge in [0, 0.05) is 38.5 Å². The molecule has 0 aromatic carbocycles. The third-order valence-electron chi connectivity index (χ3n) is 5.32. The second-order valence-corrected chi connectivity index (χ2v) is 7.65. The molecule has 4 rings (SSSR count). The number of nitrogens with zero attached hydrogens (tertiary/aromatic N) is 7. The minimum absolute atomic E-state index is 0.592. The van der Waals surface area contributed by atoms with Gasteiger partial charge in [0.1, 0.15) is 16.9 Å². The highest BCUT2D eigenvalue weighted by Crippen LogP contribution is 2.28. The lowest BCUT2D eigenvalue weighted by atomic mass is 10.3. The molecule has 0 aliphatic carbocycles. The summed E-state index contributed by atoms with van der Waals surface area (Å²) in [5.74, 6) is 2.22. The van der Waals surface area contributed by atoms with Crippen molar-refractivity contribution in [1.29, 1.82) is 0 Å². The third kappa shape index (κ3) is 4.36. The molecule has 9 nitrogen and oxygen atoms in total. The summed E-state index contributed by atoms with van der Waals surface area (Å²) in [7, 11) is 2.14. The number of nitrogens with one attached hydrogen (secondary N) is 1.